The van der Waals surface area contributed by atoms with E-state index >= 15 is 0 Å². The van der Waals surface area contributed by atoms with Gasteiger partial charge in [0.15, 0.2) is 0 Å². The number of benzene rings is 1. The largest absolute Gasteiger partial charge is 0.426 e. The van der Waals surface area contributed by atoms with E-state index in [0.29, 0.717) is 17.5 Å². The zero-order valence-electron chi connectivity index (χ0n) is 14.1. The first-order chi connectivity index (χ1) is 12.0. The van der Waals surface area contributed by atoms with Crippen LogP contribution in [0, 0.1) is 0 Å². The molecule has 0 bridgehead atoms. The fourth-order valence-electron chi connectivity index (χ4n) is 3.10. The molecule has 140 valence electrons. The minimum Gasteiger partial charge on any atom is -0.373 e. The van der Waals surface area contributed by atoms with Crippen LogP contribution >= 0.6 is 11.6 Å². The van der Waals surface area contributed by atoms with Gasteiger partial charge in [0, 0.05) is 29.6 Å². The van der Waals surface area contributed by atoms with Crippen LogP contribution in [0.4, 0.5) is 13.2 Å². The third-order valence-electron chi connectivity index (χ3n) is 4.54. The number of alkyl halides is 3. The first-order valence-corrected chi connectivity index (χ1v) is 8.31. The van der Waals surface area contributed by atoms with E-state index in [9.17, 15) is 23.1 Å². The van der Waals surface area contributed by atoms with Crippen molar-refractivity contribution in [1.29, 1.82) is 0 Å². The minimum absolute atomic E-state index is 0.0433. The van der Waals surface area contributed by atoms with Crippen molar-refractivity contribution in [2.45, 2.75) is 38.1 Å². The molecular weight excluding hydrogens is 371 g/mol. The highest BCUT2D eigenvalue weighted by Crippen LogP contribution is 2.35. The summed E-state index contributed by atoms with van der Waals surface area (Å²) in [5.74, 6) is -1.62. The second-order valence-corrected chi connectivity index (χ2v) is 7.04. The molecule has 1 unspecified atom stereocenters. The summed E-state index contributed by atoms with van der Waals surface area (Å²) < 4.78 is 40.6. The number of aliphatic hydroxyl groups is 1. The maximum atomic E-state index is 13.0. The Bertz CT molecular complexity index is 831. The molecule has 26 heavy (non-hydrogen) atoms. The van der Waals surface area contributed by atoms with Crippen LogP contribution in [-0.4, -0.2) is 44.0 Å². The summed E-state index contributed by atoms with van der Waals surface area (Å²) in [7, 11) is 0. The fourth-order valence-corrected chi connectivity index (χ4v) is 3.22. The molecule has 2 aromatic rings. The molecule has 0 fully saturated rings. The first-order valence-electron chi connectivity index (χ1n) is 7.93. The summed E-state index contributed by atoms with van der Waals surface area (Å²) in [5, 5.41) is 14.5. The van der Waals surface area contributed by atoms with Gasteiger partial charge in [-0.15, -0.1) is 0 Å². The molecule has 1 aliphatic rings. The van der Waals surface area contributed by atoms with Crippen molar-refractivity contribution in [3.63, 3.8) is 0 Å². The molecule has 5 nitrogen and oxygen atoms in total. The number of rotatable bonds is 2. The predicted octanol–water partition coefficient (Wildman–Crippen LogP) is 3.28. The van der Waals surface area contributed by atoms with Crippen molar-refractivity contribution in [3.8, 4) is 5.69 Å². The number of carbonyl (C=O) groups excluding carboxylic acids is 1. The minimum atomic E-state index is -5.04. The molecule has 0 radical (unpaired) electrons. The molecule has 0 aliphatic carbocycles. The SMILES string of the molecule is C[C@@H]1CN(C(=O)C(C)(O)C(F)(F)F)Cc2cnn(-c3ccc(Cl)cc3)c21. The van der Waals surface area contributed by atoms with Crippen LogP contribution in [-0.2, 0) is 11.3 Å². The lowest BCUT2D eigenvalue weighted by Gasteiger charge is -2.36. The van der Waals surface area contributed by atoms with Crippen LogP contribution in [0.25, 0.3) is 5.69 Å². The zero-order chi connectivity index (χ0) is 19.3. The number of fused-ring (bicyclic) bond motifs is 1. The van der Waals surface area contributed by atoms with Crippen LogP contribution in [0.2, 0.25) is 5.02 Å². The van der Waals surface area contributed by atoms with E-state index in [1.54, 1.807) is 35.9 Å². The van der Waals surface area contributed by atoms with E-state index in [2.05, 4.69) is 5.10 Å². The van der Waals surface area contributed by atoms with Crippen molar-refractivity contribution in [2.24, 2.45) is 0 Å². The van der Waals surface area contributed by atoms with Crippen molar-refractivity contribution in [1.82, 2.24) is 14.7 Å². The maximum absolute atomic E-state index is 13.0. The predicted molar refractivity (Wildman–Crippen MR) is 89.1 cm³/mol. The number of aromatic nitrogens is 2. The van der Waals surface area contributed by atoms with Gasteiger partial charge < -0.3 is 10.0 Å². The Balaban J connectivity index is 1.91. The van der Waals surface area contributed by atoms with Gasteiger partial charge in [0.2, 0.25) is 5.60 Å². The molecule has 1 N–H and O–H groups in total. The lowest BCUT2D eigenvalue weighted by Crippen LogP contribution is -2.57. The van der Waals surface area contributed by atoms with Crippen LogP contribution in [0.1, 0.15) is 31.0 Å². The lowest BCUT2D eigenvalue weighted by atomic mass is 9.95. The maximum Gasteiger partial charge on any atom is 0.426 e. The molecule has 1 aromatic carbocycles. The average molecular weight is 388 g/mol. The van der Waals surface area contributed by atoms with Crippen molar-refractivity contribution in [3.05, 3.63) is 46.7 Å². The summed E-state index contributed by atoms with van der Waals surface area (Å²) in [6.45, 7) is 2.29. The Morgan fingerprint density at radius 1 is 1.31 bits per heavy atom. The Labute approximate surface area is 153 Å². The quantitative estimate of drug-likeness (QED) is 0.860. The lowest BCUT2D eigenvalue weighted by molar-refractivity contribution is -0.250. The highest BCUT2D eigenvalue weighted by atomic mass is 35.5. The molecule has 1 aromatic heterocycles. The second kappa shape index (κ2) is 6.28. The standard InChI is InChI=1S/C17H17ClF3N3O2/c1-10-8-23(15(25)16(2,26)17(19,20)21)9-11-7-22-24(14(10)11)13-5-3-12(18)4-6-13/h3-7,10,26H,8-9H2,1-2H3/t10-,16?/m1/s1. The van der Waals surface area contributed by atoms with Crippen LogP contribution in [0.3, 0.4) is 0 Å². The summed E-state index contributed by atoms with van der Waals surface area (Å²) in [4.78, 5) is 13.3. The molecule has 1 amide bonds. The number of amides is 1. The van der Waals surface area contributed by atoms with Crippen LogP contribution in [0.5, 0.6) is 0 Å². The molecule has 0 saturated heterocycles. The Morgan fingerprint density at radius 3 is 2.50 bits per heavy atom. The van der Waals surface area contributed by atoms with Crippen molar-refractivity contribution >= 4 is 17.5 Å². The van der Waals surface area contributed by atoms with Crippen molar-refractivity contribution < 1.29 is 23.1 Å². The van der Waals surface area contributed by atoms with E-state index in [1.165, 1.54) is 6.20 Å². The van der Waals surface area contributed by atoms with Gasteiger partial charge in [0.1, 0.15) is 0 Å². The van der Waals surface area contributed by atoms with Crippen molar-refractivity contribution in [2.75, 3.05) is 6.54 Å². The Morgan fingerprint density at radius 2 is 1.92 bits per heavy atom. The van der Waals surface area contributed by atoms with Crippen LogP contribution < -0.4 is 0 Å². The second-order valence-electron chi connectivity index (χ2n) is 6.60. The number of nitrogens with zero attached hydrogens (tertiary/aromatic N) is 3. The Hall–Kier alpha value is -2.06. The highest BCUT2D eigenvalue weighted by molar-refractivity contribution is 6.30. The average Bonchev–Trinajstić information content (AvgIpc) is 2.98. The topological polar surface area (TPSA) is 58.4 Å². The van der Waals surface area contributed by atoms with E-state index in [0.717, 1.165) is 16.3 Å². The molecular formula is C17H17ClF3N3O2. The summed E-state index contributed by atoms with van der Waals surface area (Å²) in [6, 6.07) is 7.01. The van der Waals surface area contributed by atoms with Gasteiger partial charge in [-0.3, -0.25) is 4.79 Å². The summed E-state index contributed by atoms with van der Waals surface area (Å²) in [5.41, 5.74) is -1.19. The monoisotopic (exact) mass is 387 g/mol. The highest BCUT2D eigenvalue weighted by Gasteiger charge is 2.57. The third kappa shape index (κ3) is 3.07. The van der Waals surface area contributed by atoms with Crippen LogP contribution in [0.15, 0.2) is 30.5 Å². The summed E-state index contributed by atoms with van der Waals surface area (Å²) in [6.07, 6.45) is -3.51. The fraction of sp³-hybridized carbons (Fsp3) is 0.412. The van der Waals surface area contributed by atoms with E-state index in [4.69, 9.17) is 11.6 Å². The number of carbonyl (C=O) groups is 1. The number of hydrogen-bond acceptors (Lipinski definition) is 3. The molecule has 0 spiro atoms. The van der Waals surface area contributed by atoms with Gasteiger partial charge >= 0.3 is 6.18 Å². The Kier molecular flexibility index (Phi) is 4.52. The smallest absolute Gasteiger partial charge is 0.373 e. The molecule has 3 rings (SSSR count). The normalized spacial score (nSPS) is 19.8. The van der Waals surface area contributed by atoms with Gasteiger partial charge in [-0.25, -0.2) is 4.68 Å². The van der Waals surface area contributed by atoms with E-state index < -0.39 is 17.7 Å². The molecule has 9 heteroatoms. The molecule has 2 atom stereocenters. The number of halogens is 4. The van der Waals surface area contributed by atoms with E-state index in [1.807, 2.05) is 0 Å². The first kappa shape index (κ1) is 18.7. The third-order valence-corrected chi connectivity index (χ3v) is 4.79. The zero-order valence-corrected chi connectivity index (χ0v) is 14.8. The van der Waals surface area contributed by atoms with Gasteiger partial charge in [0.05, 0.1) is 17.6 Å². The van der Waals surface area contributed by atoms with Gasteiger partial charge in [-0.2, -0.15) is 18.3 Å². The number of hydrogen-bond donors (Lipinski definition) is 1. The van der Waals surface area contributed by atoms with Gasteiger partial charge in [-0.1, -0.05) is 18.5 Å². The van der Waals surface area contributed by atoms with Gasteiger partial charge in [0.25, 0.3) is 5.91 Å². The van der Waals surface area contributed by atoms with Gasteiger partial charge in [-0.05, 0) is 31.2 Å². The molecule has 2 heterocycles. The summed E-state index contributed by atoms with van der Waals surface area (Å²) >= 11 is 5.89. The molecule has 0 saturated carbocycles. The van der Waals surface area contributed by atoms with E-state index in [-0.39, 0.29) is 19.0 Å². The molecule has 1 aliphatic heterocycles.